The highest BCUT2D eigenvalue weighted by Crippen LogP contribution is 2.31. The number of carbonyl (C=O) groups excluding carboxylic acids is 2. The number of hydrogen-bond acceptors (Lipinski definition) is 8. The quantitative estimate of drug-likeness (QED) is 0.503. The molecule has 1 aliphatic rings. The number of piperidine rings is 1. The number of ether oxygens (including phenoxy) is 2. The molecule has 2 heterocycles. The van der Waals surface area contributed by atoms with Gasteiger partial charge in [0.05, 0.1) is 20.8 Å². The minimum atomic E-state index is -0.133. The van der Waals surface area contributed by atoms with Crippen LogP contribution in [-0.2, 0) is 16.1 Å². The van der Waals surface area contributed by atoms with E-state index in [9.17, 15) is 9.59 Å². The van der Waals surface area contributed by atoms with Crippen LogP contribution in [0.25, 0.3) is 11.4 Å². The lowest BCUT2D eigenvalue weighted by atomic mass is 9.96. The first kappa shape index (κ1) is 24.2. The number of amides is 2. The van der Waals surface area contributed by atoms with Crippen LogP contribution in [0.15, 0.2) is 47.0 Å². The fraction of sp³-hybridized carbons (Fsp3) is 0.360. The minimum Gasteiger partial charge on any atom is -0.493 e. The van der Waals surface area contributed by atoms with Crippen molar-refractivity contribution >= 4 is 23.2 Å². The van der Waals surface area contributed by atoms with Crippen LogP contribution in [0.5, 0.6) is 11.5 Å². The fourth-order valence-electron chi connectivity index (χ4n) is 4.04. The maximum absolute atomic E-state index is 12.7. The average Bonchev–Trinajstić information content (AvgIpc) is 3.33. The third-order valence-electron chi connectivity index (χ3n) is 5.90. The van der Waals surface area contributed by atoms with Crippen LogP contribution < -0.4 is 20.1 Å². The minimum absolute atomic E-state index is 0.00505. The van der Waals surface area contributed by atoms with Gasteiger partial charge in [-0.3, -0.25) is 14.5 Å². The van der Waals surface area contributed by atoms with E-state index in [1.54, 1.807) is 44.6 Å². The SMILES string of the molecule is COc1ccc(-c2noc(CN3CCC(C(=O)Nc4ccc(NC(C)=O)cc4)CC3)n2)cc1OC. The number of anilines is 2. The average molecular weight is 480 g/mol. The molecule has 3 aromatic rings. The van der Waals surface area contributed by atoms with E-state index < -0.39 is 0 Å². The van der Waals surface area contributed by atoms with Crippen molar-refractivity contribution < 1.29 is 23.6 Å². The molecule has 1 aromatic heterocycles. The number of methoxy groups -OCH3 is 2. The summed E-state index contributed by atoms with van der Waals surface area (Å²) < 4.78 is 16.1. The third-order valence-corrected chi connectivity index (χ3v) is 5.90. The van der Waals surface area contributed by atoms with E-state index in [0.29, 0.717) is 41.1 Å². The normalized spacial score (nSPS) is 14.4. The largest absolute Gasteiger partial charge is 0.493 e. The van der Waals surface area contributed by atoms with E-state index in [1.807, 2.05) is 12.1 Å². The Bertz CT molecular complexity index is 1170. The Morgan fingerprint density at radius 2 is 1.66 bits per heavy atom. The van der Waals surface area contributed by atoms with Crippen LogP contribution in [0.4, 0.5) is 11.4 Å². The molecular weight excluding hydrogens is 450 g/mol. The highest BCUT2D eigenvalue weighted by Gasteiger charge is 2.26. The van der Waals surface area contributed by atoms with E-state index >= 15 is 0 Å². The van der Waals surface area contributed by atoms with E-state index in [2.05, 4.69) is 25.7 Å². The van der Waals surface area contributed by atoms with Crippen LogP contribution in [0.2, 0.25) is 0 Å². The van der Waals surface area contributed by atoms with Crippen molar-refractivity contribution in [3.63, 3.8) is 0 Å². The molecule has 35 heavy (non-hydrogen) atoms. The molecule has 10 heteroatoms. The zero-order valence-electron chi connectivity index (χ0n) is 20.0. The molecule has 184 valence electrons. The van der Waals surface area contributed by atoms with Gasteiger partial charge in [-0.1, -0.05) is 5.16 Å². The van der Waals surface area contributed by atoms with E-state index in [0.717, 1.165) is 31.5 Å². The molecule has 2 aromatic carbocycles. The van der Waals surface area contributed by atoms with Gasteiger partial charge in [0.1, 0.15) is 0 Å². The van der Waals surface area contributed by atoms with Crippen molar-refractivity contribution in [2.24, 2.45) is 5.92 Å². The van der Waals surface area contributed by atoms with Gasteiger partial charge in [0, 0.05) is 29.8 Å². The van der Waals surface area contributed by atoms with Gasteiger partial charge >= 0.3 is 0 Å². The number of aromatic nitrogens is 2. The molecule has 1 saturated heterocycles. The summed E-state index contributed by atoms with van der Waals surface area (Å²) in [5.41, 5.74) is 2.18. The molecule has 0 atom stereocenters. The lowest BCUT2D eigenvalue weighted by Crippen LogP contribution is -2.37. The smallest absolute Gasteiger partial charge is 0.241 e. The molecule has 0 saturated carbocycles. The predicted octanol–water partition coefficient (Wildman–Crippen LogP) is 3.56. The van der Waals surface area contributed by atoms with Crippen molar-refractivity contribution in [2.45, 2.75) is 26.3 Å². The number of benzene rings is 2. The Morgan fingerprint density at radius 1 is 1.00 bits per heavy atom. The molecule has 0 spiro atoms. The number of carbonyl (C=O) groups is 2. The predicted molar refractivity (Wildman–Crippen MR) is 130 cm³/mol. The summed E-state index contributed by atoms with van der Waals surface area (Å²) >= 11 is 0. The molecule has 2 amide bonds. The first-order valence-electron chi connectivity index (χ1n) is 11.4. The van der Waals surface area contributed by atoms with Crippen molar-refractivity contribution in [1.82, 2.24) is 15.0 Å². The summed E-state index contributed by atoms with van der Waals surface area (Å²) in [6.07, 6.45) is 1.49. The standard InChI is InChI=1S/C25H29N5O5/c1-16(31)26-19-5-7-20(8-6-19)27-25(32)17-10-12-30(13-11-17)15-23-28-24(29-35-23)18-4-9-21(33-2)22(14-18)34-3/h4-9,14,17H,10-13,15H2,1-3H3,(H,26,31)(H,27,32). The molecule has 2 N–H and O–H groups in total. The fourth-order valence-corrected chi connectivity index (χ4v) is 4.04. The van der Waals surface area contributed by atoms with E-state index in [1.165, 1.54) is 6.92 Å². The lowest BCUT2D eigenvalue weighted by molar-refractivity contribution is -0.121. The zero-order chi connectivity index (χ0) is 24.8. The number of likely N-dealkylation sites (tertiary alicyclic amines) is 1. The Morgan fingerprint density at radius 3 is 2.29 bits per heavy atom. The Hall–Kier alpha value is -3.92. The molecule has 1 aliphatic heterocycles. The van der Waals surface area contributed by atoms with Crippen LogP contribution in [0, 0.1) is 5.92 Å². The monoisotopic (exact) mass is 479 g/mol. The van der Waals surface area contributed by atoms with Crippen LogP contribution in [-0.4, -0.2) is 54.2 Å². The maximum atomic E-state index is 12.7. The first-order chi connectivity index (χ1) is 16.9. The van der Waals surface area contributed by atoms with Gasteiger partial charge in [-0.15, -0.1) is 0 Å². The summed E-state index contributed by atoms with van der Waals surface area (Å²) in [5, 5.41) is 9.77. The van der Waals surface area contributed by atoms with Gasteiger partial charge < -0.3 is 24.6 Å². The summed E-state index contributed by atoms with van der Waals surface area (Å²) in [6.45, 7) is 3.50. The number of hydrogen-bond donors (Lipinski definition) is 2. The van der Waals surface area contributed by atoms with Gasteiger partial charge in [0.2, 0.25) is 23.5 Å². The highest BCUT2D eigenvalue weighted by molar-refractivity contribution is 5.93. The van der Waals surface area contributed by atoms with Crippen molar-refractivity contribution in [3.8, 4) is 22.9 Å². The Balaban J connectivity index is 1.28. The van der Waals surface area contributed by atoms with E-state index in [-0.39, 0.29) is 17.7 Å². The summed E-state index contributed by atoms with van der Waals surface area (Å²) in [6, 6.07) is 12.6. The number of rotatable bonds is 8. The third kappa shape index (κ3) is 6.15. The summed E-state index contributed by atoms with van der Waals surface area (Å²) in [4.78, 5) is 30.5. The molecule has 0 unspecified atom stereocenters. The van der Waals surface area contributed by atoms with Gasteiger partial charge in [0.15, 0.2) is 11.5 Å². The van der Waals surface area contributed by atoms with Gasteiger partial charge in [-0.05, 0) is 68.4 Å². The molecule has 0 aliphatic carbocycles. The number of nitrogens with one attached hydrogen (secondary N) is 2. The van der Waals surface area contributed by atoms with Crippen molar-refractivity contribution in [3.05, 3.63) is 48.4 Å². The Kier molecular flexibility index (Phi) is 7.61. The van der Waals surface area contributed by atoms with Crippen LogP contribution in [0.1, 0.15) is 25.7 Å². The van der Waals surface area contributed by atoms with Crippen molar-refractivity contribution in [2.75, 3.05) is 37.9 Å². The molecule has 4 rings (SSSR count). The van der Waals surface area contributed by atoms with Gasteiger partial charge in [0.25, 0.3) is 0 Å². The molecule has 10 nitrogen and oxygen atoms in total. The van der Waals surface area contributed by atoms with E-state index in [4.69, 9.17) is 14.0 Å². The van der Waals surface area contributed by atoms with Gasteiger partial charge in [-0.25, -0.2) is 0 Å². The van der Waals surface area contributed by atoms with Crippen molar-refractivity contribution in [1.29, 1.82) is 0 Å². The summed E-state index contributed by atoms with van der Waals surface area (Å²) in [5.74, 6) is 2.05. The molecule has 0 bridgehead atoms. The first-order valence-corrected chi connectivity index (χ1v) is 11.4. The molecule has 1 fully saturated rings. The molecule has 0 radical (unpaired) electrons. The van der Waals surface area contributed by atoms with Gasteiger partial charge in [-0.2, -0.15) is 4.98 Å². The second-order valence-corrected chi connectivity index (χ2v) is 8.38. The lowest BCUT2D eigenvalue weighted by Gasteiger charge is -2.30. The second kappa shape index (κ2) is 11.0. The second-order valence-electron chi connectivity index (χ2n) is 8.38. The van der Waals surface area contributed by atoms with Crippen LogP contribution in [0.3, 0.4) is 0 Å². The number of nitrogens with zero attached hydrogens (tertiary/aromatic N) is 3. The Labute approximate surface area is 203 Å². The topological polar surface area (TPSA) is 119 Å². The summed E-state index contributed by atoms with van der Waals surface area (Å²) in [7, 11) is 3.17. The highest BCUT2D eigenvalue weighted by atomic mass is 16.5. The molecular formula is C25H29N5O5. The maximum Gasteiger partial charge on any atom is 0.241 e. The zero-order valence-corrected chi connectivity index (χ0v) is 20.0. The van der Waals surface area contributed by atoms with Crippen LogP contribution >= 0.6 is 0 Å².